The van der Waals surface area contributed by atoms with Gasteiger partial charge in [0, 0.05) is 10.6 Å². The second kappa shape index (κ2) is 5.09. The van der Waals surface area contributed by atoms with Crippen molar-refractivity contribution in [1.82, 2.24) is 5.43 Å². The van der Waals surface area contributed by atoms with Gasteiger partial charge in [0.05, 0.1) is 11.1 Å². The fourth-order valence-electron chi connectivity index (χ4n) is 0.920. The number of thioether (sulfide) groups is 1. The average Bonchev–Trinajstić information content (AvgIpc) is 2.47. The van der Waals surface area contributed by atoms with E-state index in [-0.39, 0.29) is 6.04 Å². The van der Waals surface area contributed by atoms with E-state index in [1.165, 1.54) is 0 Å². The van der Waals surface area contributed by atoms with Crippen molar-refractivity contribution in [2.24, 2.45) is 5.84 Å². The summed E-state index contributed by atoms with van der Waals surface area (Å²) in [4.78, 5) is 1.12. The molecule has 0 spiro atoms. The molecule has 1 heterocycles. The Labute approximate surface area is 85.5 Å². The van der Waals surface area contributed by atoms with E-state index in [2.05, 4.69) is 5.43 Å². The van der Waals surface area contributed by atoms with Crippen LogP contribution in [0.15, 0.2) is 11.4 Å². The zero-order valence-electron chi connectivity index (χ0n) is 6.71. The Morgan fingerprint density at radius 2 is 2.58 bits per heavy atom. The van der Waals surface area contributed by atoms with Crippen LogP contribution in [0.1, 0.15) is 10.9 Å². The first-order valence-electron chi connectivity index (χ1n) is 3.47. The minimum Gasteiger partial charge on any atom is -0.271 e. The van der Waals surface area contributed by atoms with E-state index in [1.807, 2.05) is 17.7 Å². The molecule has 3 N–H and O–H groups in total. The maximum Gasteiger partial charge on any atom is 0.0658 e. The molecule has 0 radical (unpaired) electrons. The van der Waals surface area contributed by atoms with Gasteiger partial charge in [0.15, 0.2) is 0 Å². The largest absolute Gasteiger partial charge is 0.271 e. The van der Waals surface area contributed by atoms with E-state index in [9.17, 15) is 0 Å². The minimum atomic E-state index is 0.174. The third kappa shape index (κ3) is 2.37. The summed E-state index contributed by atoms with van der Waals surface area (Å²) in [6, 6.07) is 2.07. The van der Waals surface area contributed by atoms with Crippen molar-refractivity contribution in [3.63, 3.8) is 0 Å². The molecule has 1 atom stereocenters. The lowest BCUT2D eigenvalue weighted by molar-refractivity contribution is 0.621. The maximum absolute atomic E-state index is 5.95. The Morgan fingerprint density at radius 1 is 1.83 bits per heavy atom. The highest BCUT2D eigenvalue weighted by Gasteiger charge is 2.13. The first-order valence-corrected chi connectivity index (χ1v) is 6.12. The van der Waals surface area contributed by atoms with Gasteiger partial charge in [-0.05, 0) is 17.7 Å². The van der Waals surface area contributed by atoms with Gasteiger partial charge in [-0.1, -0.05) is 11.6 Å². The van der Waals surface area contributed by atoms with Crippen molar-refractivity contribution >= 4 is 34.7 Å². The standard InChI is InChI=1S/C7H11ClN2S2/c1-11-4-6(10-9)7-5(8)2-3-12-7/h2-3,6,10H,4,9H2,1H3. The van der Waals surface area contributed by atoms with Crippen LogP contribution in [0.5, 0.6) is 0 Å². The monoisotopic (exact) mass is 222 g/mol. The van der Waals surface area contributed by atoms with Gasteiger partial charge in [-0.25, -0.2) is 0 Å². The molecule has 1 aromatic rings. The summed E-state index contributed by atoms with van der Waals surface area (Å²) in [5, 5.41) is 2.78. The fourth-order valence-corrected chi connectivity index (χ4v) is 2.87. The van der Waals surface area contributed by atoms with E-state index in [0.717, 1.165) is 15.7 Å². The van der Waals surface area contributed by atoms with E-state index in [0.29, 0.717) is 0 Å². The van der Waals surface area contributed by atoms with Crippen LogP contribution in [0.3, 0.4) is 0 Å². The van der Waals surface area contributed by atoms with Gasteiger partial charge in [0.25, 0.3) is 0 Å². The van der Waals surface area contributed by atoms with Crippen LogP contribution in [0.4, 0.5) is 0 Å². The zero-order valence-corrected chi connectivity index (χ0v) is 9.10. The van der Waals surface area contributed by atoms with Crippen LogP contribution in [0, 0.1) is 0 Å². The molecule has 12 heavy (non-hydrogen) atoms. The lowest BCUT2D eigenvalue weighted by Gasteiger charge is -2.12. The Kier molecular flexibility index (Phi) is 4.39. The number of hydrazine groups is 1. The van der Waals surface area contributed by atoms with Crippen molar-refractivity contribution in [2.75, 3.05) is 12.0 Å². The van der Waals surface area contributed by atoms with Crippen LogP contribution in [-0.4, -0.2) is 12.0 Å². The van der Waals surface area contributed by atoms with E-state index in [4.69, 9.17) is 17.4 Å². The normalized spacial score (nSPS) is 13.2. The summed E-state index contributed by atoms with van der Waals surface area (Å²) in [6.07, 6.45) is 2.05. The van der Waals surface area contributed by atoms with E-state index >= 15 is 0 Å². The van der Waals surface area contributed by atoms with Crippen LogP contribution in [0.25, 0.3) is 0 Å². The lowest BCUT2D eigenvalue weighted by Crippen LogP contribution is -2.29. The third-order valence-corrected chi connectivity index (χ3v) is 3.63. The molecule has 2 nitrogen and oxygen atoms in total. The molecule has 0 saturated heterocycles. The summed E-state index contributed by atoms with van der Waals surface area (Å²) in [7, 11) is 0. The molecule has 0 aromatic carbocycles. The van der Waals surface area contributed by atoms with Crippen molar-refractivity contribution in [3.8, 4) is 0 Å². The maximum atomic E-state index is 5.95. The lowest BCUT2D eigenvalue weighted by atomic mass is 10.3. The van der Waals surface area contributed by atoms with E-state index in [1.54, 1.807) is 23.1 Å². The molecule has 0 amide bonds. The smallest absolute Gasteiger partial charge is 0.0658 e. The van der Waals surface area contributed by atoms with Crippen LogP contribution in [-0.2, 0) is 0 Å². The highest BCUT2D eigenvalue weighted by Crippen LogP contribution is 2.29. The topological polar surface area (TPSA) is 38.0 Å². The van der Waals surface area contributed by atoms with Crippen molar-refractivity contribution in [1.29, 1.82) is 0 Å². The van der Waals surface area contributed by atoms with Gasteiger partial charge in [-0.2, -0.15) is 11.8 Å². The number of nitrogens with one attached hydrogen (secondary N) is 1. The third-order valence-electron chi connectivity index (χ3n) is 1.50. The molecule has 1 unspecified atom stereocenters. The molecular formula is C7H11ClN2S2. The van der Waals surface area contributed by atoms with Crippen molar-refractivity contribution < 1.29 is 0 Å². The molecule has 0 saturated carbocycles. The molecule has 0 aliphatic rings. The van der Waals surface area contributed by atoms with Crippen molar-refractivity contribution in [3.05, 3.63) is 21.3 Å². The Balaban J connectivity index is 2.72. The molecule has 68 valence electrons. The molecule has 5 heteroatoms. The number of rotatable bonds is 4. The summed E-state index contributed by atoms with van der Waals surface area (Å²) >= 11 is 9.34. The zero-order chi connectivity index (χ0) is 8.97. The summed E-state index contributed by atoms with van der Waals surface area (Å²) < 4.78 is 0. The predicted molar refractivity (Wildman–Crippen MR) is 57.8 cm³/mol. The average molecular weight is 223 g/mol. The van der Waals surface area contributed by atoms with E-state index < -0.39 is 0 Å². The molecule has 0 fully saturated rings. The number of thiophene rings is 1. The Bertz CT molecular complexity index is 239. The second-order valence-corrected chi connectivity index (χ2v) is 4.57. The van der Waals surface area contributed by atoms with Gasteiger partial charge in [-0.15, -0.1) is 11.3 Å². The first kappa shape index (κ1) is 10.3. The van der Waals surface area contributed by atoms with Gasteiger partial charge in [0.1, 0.15) is 0 Å². The highest BCUT2D eigenvalue weighted by atomic mass is 35.5. The number of halogens is 1. The Morgan fingerprint density at radius 3 is 3.00 bits per heavy atom. The van der Waals surface area contributed by atoms with Crippen molar-refractivity contribution in [2.45, 2.75) is 6.04 Å². The molecular weight excluding hydrogens is 212 g/mol. The summed E-state index contributed by atoms with van der Waals surface area (Å²) in [5.41, 5.74) is 2.75. The minimum absolute atomic E-state index is 0.174. The molecule has 0 aliphatic carbocycles. The number of hydrogen-bond donors (Lipinski definition) is 2. The van der Waals surface area contributed by atoms with Gasteiger partial charge < -0.3 is 0 Å². The summed E-state index contributed by atoms with van der Waals surface area (Å²) in [5.74, 6) is 6.34. The van der Waals surface area contributed by atoms with Gasteiger partial charge in [0.2, 0.25) is 0 Å². The Hall–Kier alpha value is 0.260. The predicted octanol–water partition coefficient (Wildman–Crippen LogP) is 2.27. The first-order chi connectivity index (χ1) is 5.79. The number of hydrogen-bond acceptors (Lipinski definition) is 4. The van der Waals surface area contributed by atoms with Gasteiger partial charge >= 0.3 is 0 Å². The van der Waals surface area contributed by atoms with Crippen LogP contribution in [0.2, 0.25) is 5.02 Å². The fraction of sp³-hybridized carbons (Fsp3) is 0.429. The SMILES string of the molecule is CSCC(NN)c1sccc1Cl. The quantitative estimate of drug-likeness (QED) is 0.607. The summed E-state index contributed by atoms with van der Waals surface area (Å²) in [6.45, 7) is 0. The van der Waals surface area contributed by atoms with Crippen LogP contribution >= 0.6 is 34.7 Å². The molecule has 1 aromatic heterocycles. The second-order valence-electron chi connectivity index (χ2n) is 2.31. The van der Waals surface area contributed by atoms with Gasteiger partial charge in [-0.3, -0.25) is 11.3 Å². The molecule has 0 bridgehead atoms. The molecule has 1 rings (SSSR count). The number of nitrogens with two attached hydrogens (primary N) is 1. The highest BCUT2D eigenvalue weighted by molar-refractivity contribution is 7.98. The molecule has 0 aliphatic heterocycles. The van der Waals surface area contributed by atoms with Crippen LogP contribution < -0.4 is 11.3 Å².